The van der Waals surface area contributed by atoms with E-state index >= 15 is 0 Å². The molecule has 1 aliphatic rings. The Morgan fingerprint density at radius 3 is 2.83 bits per heavy atom. The maximum atomic E-state index is 12.1. The number of thioether (sulfide) groups is 1. The third-order valence-electron chi connectivity index (χ3n) is 3.98. The number of piperidine rings is 1. The lowest BCUT2D eigenvalue weighted by molar-refractivity contribution is -0.126. The summed E-state index contributed by atoms with van der Waals surface area (Å²) in [5.74, 6) is 1.95. The number of urea groups is 1. The van der Waals surface area contributed by atoms with Gasteiger partial charge in [0.25, 0.3) is 0 Å². The Hall–Kier alpha value is -1.69. The van der Waals surface area contributed by atoms with Crippen LogP contribution in [0.5, 0.6) is 0 Å². The fourth-order valence-corrected chi connectivity index (χ4v) is 3.61. The topological polar surface area (TPSA) is 75.4 Å². The molecule has 1 aliphatic heterocycles. The predicted octanol–water partition coefficient (Wildman–Crippen LogP) is 2.22. The zero-order chi connectivity index (χ0) is 16.5. The summed E-state index contributed by atoms with van der Waals surface area (Å²) in [5, 5.41) is 2.98. The van der Waals surface area contributed by atoms with Crippen molar-refractivity contribution in [3.8, 4) is 0 Å². The molecule has 0 spiro atoms. The van der Waals surface area contributed by atoms with Gasteiger partial charge in [0.1, 0.15) is 0 Å². The second-order valence-electron chi connectivity index (χ2n) is 5.81. The van der Waals surface area contributed by atoms with Gasteiger partial charge < -0.3 is 16.0 Å². The molecule has 3 amide bonds. The van der Waals surface area contributed by atoms with Crippen molar-refractivity contribution in [2.24, 2.45) is 11.7 Å². The molecule has 23 heavy (non-hydrogen) atoms. The van der Waals surface area contributed by atoms with Gasteiger partial charge in [-0.15, -0.1) is 0 Å². The number of rotatable bonds is 7. The number of hydrogen-bond donors (Lipinski definition) is 2. The molecule has 0 unspecified atom stereocenters. The van der Waals surface area contributed by atoms with Crippen LogP contribution >= 0.6 is 11.8 Å². The van der Waals surface area contributed by atoms with Crippen LogP contribution in [0.3, 0.4) is 0 Å². The van der Waals surface area contributed by atoms with Crippen molar-refractivity contribution in [3.05, 3.63) is 35.9 Å². The van der Waals surface area contributed by atoms with Crippen LogP contribution in [-0.4, -0.2) is 42.2 Å². The van der Waals surface area contributed by atoms with Crippen LogP contribution in [-0.2, 0) is 10.5 Å². The Bertz CT molecular complexity index is 510. The highest BCUT2D eigenvalue weighted by atomic mass is 32.2. The van der Waals surface area contributed by atoms with Crippen molar-refractivity contribution in [1.29, 1.82) is 0 Å². The molecule has 2 rings (SSSR count). The number of amides is 3. The zero-order valence-electron chi connectivity index (χ0n) is 13.4. The third kappa shape index (κ3) is 6.14. The van der Waals surface area contributed by atoms with Crippen molar-refractivity contribution in [1.82, 2.24) is 10.2 Å². The summed E-state index contributed by atoms with van der Waals surface area (Å²) in [6, 6.07) is 9.95. The summed E-state index contributed by atoms with van der Waals surface area (Å²) in [5.41, 5.74) is 6.61. The first-order valence-electron chi connectivity index (χ1n) is 8.10. The molecule has 1 saturated heterocycles. The monoisotopic (exact) mass is 335 g/mol. The van der Waals surface area contributed by atoms with Crippen LogP contribution < -0.4 is 11.1 Å². The van der Waals surface area contributed by atoms with Gasteiger partial charge in [0.2, 0.25) is 5.91 Å². The van der Waals surface area contributed by atoms with Gasteiger partial charge in [-0.2, -0.15) is 11.8 Å². The van der Waals surface area contributed by atoms with Gasteiger partial charge in [0.15, 0.2) is 0 Å². The lowest BCUT2D eigenvalue weighted by atomic mass is 9.97. The Morgan fingerprint density at radius 2 is 2.09 bits per heavy atom. The zero-order valence-corrected chi connectivity index (χ0v) is 14.2. The van der Waals surface area contributed by atoms with E-state index in [0.717, 1.165) is 30.8 Å². The molecular weight excluding hydrogens is 310 g/mol. The molecule has 1 aromatic carbocycles. The summed E-state index contributed by atoms with van der Waals surface area (Å²) in [6.45, 7) is 1.80. The van der Waals surface area contributed by atoms with Gasteiger partial charge in [-0.05, 0) is 30.6 Å². The summed E-state index contributed by atoms with van der Waals surface area (Å²) >= 11 is 1.88. The fraction of sp³-hybridized carbons (Fsp3) is 0.529. The van der Waals surface area contributed by atoms with Gasteiger partial charge in [0, 0.05) is 25.4 Å². The van der Waals surface area contributed by atoms with E-state index in [2.05, 4.69) is 29.6 Å². The van der Waals surface area contributed by atoms with Gasteiger partial charge >= 0.3 is 6.03 Å². The summed E-state index contributed by atoms with van der Waals surface area (Å²) in [6.07, 6.45) is 2.63. The minimum atomic E-state index is -0.431. The lowest BCUT2D eigenvalue weighted by Crippen LogP contribution is -2.47. The Labute approximate surface area is 142 Å². The highest BCUT2D eigenvalue weighted by Gasteiger charge is 2.26. The molecule has 1 fully saturated rings. The van der Waals surface area contributed by atoms with Crippen LogP contribution in [0.25, 0.3) is 0 Å². The summed E-state index contributed by atoms with van der Waals surface area (Å²) < 4.78 is 0. The van der Waals surface area contributed by atoms with Gasteiger partial charge in [-0.25, -0.2) is 4.79 Å². The van der Waals surface area contributed by atoms with Crippen molar-refractivity contribution in [2.45, 2.75) is 25.0 Å². The number of nitrogens with two attached hydrogens (primary N) is 1. The highest BCUT2D eigenvalue weighted by molar-refractivity contribution is 7.98. The molecular formula is C17H25N3O2S. The molecule has 1 heterocycles. The van der Waals surface area contributed by atoms with E-state index in [1.807, 2.05) is 17.8 Å². The van der Waals surface area contributed by atoms with Crippen LogP contribution in [0, 0.1) is 5.92 Å². The van der Waals surface area contributed by atoms with Gasteiger partial charge in [0.05, 0.1) is 5.92 Å². The predicted molar refractivity (Wildman–Crippen MR) is 94.1 cm³/mol. The molecule has 1 aromatic rings. The van der Waals surface area contributed by atoms with E-state index in [0.29, 0.717) is 19.6 Å². The average molecular weight is 335 g/mol. The summed E-state index contributed by atoms with van der Waals surface area (Å²) in [4.78, 5) is 24.9. The van der Waals surface area contributed by atoms with Gasteiger partial charge in [-0.3, -0.25) is 4.79 Å². The molecule has 0 saturated carbocycles. The molecule has 0 radical (unpaired) electrons. The maximum absolute atomic E-state index is 12.1. The van der Waals surface area contributed by atoms with Crippen LogP contribution in [0.4, 0.5) is 4.79 Å². The lowest BCUT2D eigenvalue weighted by Gasteiger charge is -2.30. The molecule has 0 bridgehead atoms. The second-order valence-corrected chi connectivity index (χ2v) is 6.91. The van der Waals surface area contributed by atoms with E-state index in [9.17, 15) is 9.59 Å². The van der Waals surface area contributed by atoms with E-state index in [4.69, 9.17) is 5.73 Å². The molecule has 5 nitrogen and oxygen atoms in total. The minimum Gasteiger partial charge on any atom is -0.356 e. The minimum absolute atomic E-state index is 0.0454. The van der Waals surface area contributed by atoms with E-state index in [1.165, 1.54) is 5.56 Å². The third-order valence-corrected chi connectivity index (χ3v) is 5.09. The number of benzene rings is 1. The quantitative estimate of drug-likeness (QED) is 0.750. The van der Waals surface area contributed by atoms with Gasteiger partial charge in [-0.1, -0.05) is 30.3 Å². The number of likely N-dealkylation sites (tertiary alicyclic amines) is 1. The number of carbonyl (C=O) groups is 2. The van der Waals surface area contributed by atoms with E-state index < -0.39 is 6.03 Å². The molecule has 1 atom stereocenters. The molecule has 0 aromatic heterocycles. The molecule has 126 valence electrons. The number of nitrogens with zero attached hydrogens (tertiary/aromatic N) is 1. The van der Waals surface area contributed by atoms with Crippen LogP contribution in [0.15, 0.2) is 30.3 Å². The smallest absolute Gasteiger partial charge is 0.314 e. The number of hydrogen-bond acceptors (Lipinski definition) is 3. The largest absolute Gasteiger partial charge is 0.356 e. The SMILES string of the molecule is NC(=O)N1CCC[C@@H](C(=O)NCCCSCc2ccccc2)C1. The normalized spacial score (nSPS) is 17.7. The van der Waals surface area contributed by atoms with Crippen molar-refractivity contribution in [2.75, 3.05) is 25.4 Å². The maximum Gasteiger partial charge on any atom is 0.314 e. The fourth-order valence-electron chi connectivity index (χ4n) is 2.69. The Kier molecular flexibility index (Phi) is 7.26. The van der Waals surface area contributed by atoms with Crippen LogP contribution in [0.2, 0.25) is 0 Å². The first kappa shape index (κ1) is 17.7. The Morgan fingerprint density at radius 1 is 1.30 bits per heavy atom. The standard InChI is InChI=1S/C17H25N3O2S/c18-17(22)20-10-4-8-15(12-20)16(21)19-9-5-11-23-13-14-6-2-1-3-7-14/h1-3,6-7,15H,4-5,8-13H2,(H2,18,22)(H,19,21)/t15-/m1/s1. The first-order chi connectivity index (χ1) is 11.2. The molecule has 3 N–H and O–H groups in total. The molecule has 0 aliphatic carbocycles. The van der Waals surface area contributed by atoms with Crippen molar-refractivity contribution < 1.29 is 9.59 Å². The number of nitrogens with one attached hydrogen (secondary N) is 1. The first-order valence-corrected chi connectivity index (χ1v) is 9.26. The van der Waals surface area contributed by atoms with Crippen molar-refractivity contribution >= 4 is 23.7 Å². The molecule has 6 heteroatoms. The average Bonchev–Trinajstić information content (AvgIpc) is 2.58. The highest BCUT2D eigenvalue weighted by Crippen LogP contribution is 2.16. The van der Waals surface area contributed by atoms with Crippen LogP contribution in [0.1, 0.15) is 24.8 Å². The second kappa shape index (κ2) is 9.45. The van der Waals surface area contributed by atoms with Crippen molar-refractivity contribution in [3.63, 3.8) is 0 Å². The van der Waals surface area contributed by atoms with E-state index in [-0.39, 0.29) is 11.8 Å². The Balaban J connectivity index is 1.57. The van der Waals surface area contributed by atoms with E-state index in [1.54, 1.807) is 4.90 Å². The summed E-state index contributed by atoms with van der Waals surface area (Å²) in [7, 11) is 0. The number of primary amides is 1. The number of carbonyl (C=O) groups excluding carboxylic acids is 2.